The molecule has 1 fully saturated rings. The Kier molecular flexibility index (Phi) is 4.55. The monoisotopic (exact) mass is 335 g/mol. The zero-order chi connectivity index (χ0) is 17.1. The highest BCUT2D eigenvalue weighted by Crippen LogP contribution is 2.35. The molecular weight excluding hydrogens is 310 g/mol. The van der Waals surface area contributed by atoms with E-state index in [0.29, 0.717) is 0 Å². The molecule has 4 nitrogen and oxygen atoms in total. The van der Waals surface area contributed by atoms with Crippen molar-refractivity contribution in [2.75, 3.05) is 19.7 Å². The maximum Gasteiger partial charge on any atom is 0.0653 e. The van der Waals surface area contributed by atoms with Crippen LogP contribution in [0.1, 0.15) is 24.0 Å². The van der Waals surface area contributed by atoms with E-state index in [1.807, 2.05) is 12.3 Å². The summed E-state index contributed by atoms with van der Waals surface area (Å²) in [4.78, 5) is 2.50. The fourth-order valence-electron chi connectivity index (χ4n) is 3.95. The van der Waals surface area contributed by atoms with Gasteiger partial charge in [-0.1, -0.05) is 42.5 Å². The third kappa shape index (κ3) is 3.60. The van der Waals surface area contributed by atoms with Gasteiger partial charge >= 0.3 is 0 Å². The van der Waals surface area contributed by atoms with Crippen LogP contribution in [0, 0.1) is 5.41 Å². The summed E-state index contributed by atoms with van der Waals surface area (Å²) in [5, 5.41) is 18.3. The molecule has 25 heavy (non-hydrogen) atoms. The maximum atomic E-state index is 10.0. The Labute approximate surface area is 148 Å². The number of nitrogens with one attached hydrogen (secondary N) is 1. The molecule has 1 aliphatic rings. The van der Waals surface area contributed by atoms with Crippen molar-refractivity contribution >= 4 is 10.9 Å². The summed E-state index contributed by atoms with van der Waals surface area (Å²) in [6.45, 7) is 3.31. The van der Waals surface area contributed by atoms with Crippen molar-refractivity contribution in [3.63, 3.8) is 0 Å². The van der Waals surface area contributed by atoms with E-state index < -0.39 is 0 Å². The average molecular weight is 335 g/mol. The van der Waals surface area contributed by atoms with E-state index in [0.717, 1.165) is 49.8 Å². The van der Waals surface area contributed by atoms with Crippen molar-refractivity contribution in [1.82, 2.24) is 15.1 Å². The number of aliphatic hydroxyl groups is 1. The second-order valence-electron chi connectivity index (χ2n) is 7.39. The molecule has 4 rings (SSSR count). The number of likely N-dealkylation sites (tertiary alicyclic amines) is 1. The van der Waals surface area contributed by atoms with Gasteiger partial charge in [0.25, 0.3) is 0 Å². The predicted octanol–water partition coefficient (Wildman–Crippen LogP) is 3.38. The van der Waals surface area contributed by atoms with Gasteiger partial charge in [-0.25, -0.2) is 0 Å². The van der Waals surface area contributed by atoms with Gasteiger partial charge in [0.2, 0.25) is 0 Å². The molecule has 1 aliphatic heterocycles. The SMILES string of the molecule is OCC1(Cc2ccccc2)CCN(Cc2ccc3cn[nH]c3c2)CC1. The molecule has 2 N–H and O–H groups in total. The highest BCUT2D eigenvalue weighted by atomic mass is 16.3. The minimum Gasteiger partial charge on any atom is -0.396 e. The molecule has 0 amide bonds. The second-order valence-corrected chi connectivity index (χ2v) is 7.39. The summed E-state index contributed by atoms with van der Waals surface area (Å²) in [7, 11) is 0. The Morgan fingerprint density at radius 3 is 2.60 bits per heavy atom. The first-order valence-corrected chi connectivity index (χ1v) is 9.06. The Bertz CT molecular complexity index is 819. The number of benzene rings is 2. The quantitative estimate of drug-likeness (QED) is 0.751. The molecule has 1 saturated heterocycles. The van der Waals surface area contributed by atoms with Crippen LogP contribution >= 0.6 is 0 Å². The van der Waals surface area contributed by atoms with Gasteiger partial charge in [-0.05, 0) is 55.0 Å². The minimum atomic E-state index is 0.0329. The van der Waals surface area contributed by atoms with Crippen LogP contribution in [-0.2, 0) is 13.0 Å². The summed E-state index contributed by atoms with van der Waals surface area (Å²) in [5.74, 6) is 0. The maximum absolute atomic E-state index is 10.0. The van der Waals surface area contributed by atoms with Gasteiger partial charge in [0, 0.05) is 18.5 Å². The molecular formula is C21H25N3O. The average Bonchev–Trinajstić information content (AvgIpc) is 3.12. The molecule has 0 atom stereocenters. The number of hydrogen-bond donors (Lipinski definition) is 2. The van der Waals surface area contributed by atoms with Crippen LogP contribution < -0.4 is 0 Å². The molecule has 0 aliphatic carbocycles. The van der Waals surface area contributed by atoms with Gasteiger partial charge in [0.1, 0.15) is 0 Å². The van der Waals surface area contributed by atoms with Crippen molar-refractivity contribution in [1.29, 1.82) is 0 Å². The minimum absolute atomic E-state index is 0.0329. The number of nitrogens with zero attached hydrogens (tertiary/aromatic N) is 2. The predicted molar refractivity (Wildman–Crippen MR) is 100 cm³/mol. The van der Waals surface area contributed by atoms with Crippen molar-refractivity contribution in [2.45, 2.75) is 25.8 Å². The first kappa shape index (κ1) is 16.3. The lowest BCUT2D eigenvalue weighted by Crippen LogP contribution is -2.42. The summed E-state index contributed by atoms with van der Waals surface area (Å²) in [6, 6.07) is 17.1. The Morgan fingerprint density at radius 1 is 1.04 bits per heavy atom. The highest BCUT2D eigenvalue weighted by molar-refractivity contribution is 5.78. The molecule has 0 saturated carbocycles. The molecule has 2 aromatic carbocycles. The fraction of sp³-hybridized carbons (Fsp3) is 0.381. The molecule has 1 aromatic heterocycles. The number of aromatic nitrogens is 2. The lowest BCUT2D eigenvalue weighted by atomic mass is 9.74. The van der Waals surface area contributed by atoms with Gasteiger partial charge in [0.15, 0.2) is 0 Å². The second kappa shape index (κ2) is 6.98. The van der Waals surface area contributed by atoms with Crippen LogP contribution in [0.3, 0.4) is 0 Å². The van der Waals surface area contributed by atoms with Crippen LogP contribution in [0.4, 0.5) is 0 Å². The third-order valence-electron chi connectivity index (χ3n) is 5.59. The smallest absolute Gasteiger partial charge is 0.0653 e. The highest BCUT2D eigenvalue weighted by Gasteiger charge is 2.34. The van der Waals surface area contributed by atoms with Crippen LogP contribution in [0.15, 0.2) is 54.7 Å². The van der Waals surface area contributed by atoms with Crippen LogP contribution in [0.2, 0.25) is 0 Å². The van der Waals surface area contributed by atoms with Crippen molar-refractivity contribution in [3.05, 3.63) is 65.9 Å². The first-order valence-electron chi connectivity index (χ1n) is 9.06. The molecule has 3 aromatic rings. The Hall–Kier alpha value is -2.17. The lowest BCUT2D eigenvalue weighted by Gasteiger charge is -2.41. The Morgan fingerprint density at radius 2 is 1.84 bits per heavy atom. The molecule has 0 unspecified atom stereocenters. The topological polar surface area (TPSA) is 52.1 Å². The molecule has 130 valence electrons. The number of fused-ring (bicyclic) bond motifs is 1. The fourth-order valence-corrected chi connectivity index (χ4v) is 3.95. The third-order valence-corrected chi connectivity index (χ3v) is 5.59. The van der Waals surface area contributed by atoms with E-state index in [1.165, 1.54) is 11.1 Å². The van der Waals surface area contributed by atoms with E-state index in [2.05, 4.69) is 57.6 Å². The number of aromatic amines is 1. The molecule has 0 radical (unpaired) electrons. The largest absolute Gasteiger partial charge is 0.396 e. The number of piperidine rings is 1. The van der Waals surface area contributed by atoms with Crippen LogP contribution in [-0.4, -0.2) is 39.9 Å². The standard InChI is InChI=1S/C21H25N3O/c25-16-21(13-17-4-2-1-3-5-17)8-10-24(11-9-21)15-18-6-7-19-14-22-23-20(19)12-18/h1-7,12,14,25H,8-11,13,15-16H2,(H,22,23). The molecule has 2 heterocycles. The summed E-state index contributed by atoms with van der Waals surface area (Å²) in [5.41, 5.74) is 3.78. The van der Waals surface area contributed by atoms with Gasteiger partial charge in [0.05, 0.1) is 11.7 Å². The molecule has 0 bridgehead atoms. The van der Waals surface area contributed by atoms with E-state index >= 15 is 0 Å². The molecule has 0 spiro atoms. The van der Waals surface area contributed by atoms with Crippen LogP contribution in [0.25, 0.3) is 10.9 Å². The van der Waals surface area contributed by atoms with Gasteiger partial charge < -0.3 is 5.11 Å². The van der Waals surface area contributed by atoms with E-state index in [9.17, 15) is 5.11 Å². The summed E-state index contributed by atoms with van der Waals surface area (Å²) >= 11 is 0. The zero-order valence-corrected chi connectivity index (χ0v) is 14.5. The van der Waals surface area contributed by atoms with E-state index in [-0.39, 0.29) is 12.0 Å². The van der Waals surface area contributed by atoms with Crippen molar-refractivity contribution < 1.29 is 5.11 Å². The van der Waals surface area contributed by atoms with Gasteiger partial charge in [-0.3, -0.25) is 10.00 Å². The van der Waals surface area contributed by atoms with E-state index in [4.69, 9.17) is 0 Å². The Balaban J connectivity index is 1.39. The normalized spacial score (nSPS) is 17.8. The first-order chi connectivity index (χ1) is 12.3. The van der Waals surface area contributed by atoms with Crippen molar-refractivity contribution in [3.8, 4) is 0 Å². The summed E-state index contributed by atoms with van der Waals surface area (Å²) < 4.78 is 0. The van der Waals surface area contributed by atoms with Gasteiger partial charge in [-0.2, -0.15) is 5.10 Å². The number of hydrogen-bond acceptors (Lipinski definition) is 3. The van der Waals surface area contributed by atoms with Crippen molar-refractivity contribution in [2.24, 2.45) is 5.41 Å². The van der Waals surface area contributed by atoms with Crippen LogP contribution in [0.5, 0.6) is 0 Å². The lowest BCUT2D eigenvalue weighted by molar-refractivity contribution is 0.0414. The van der Waals surface area contributed by atoms with E-state index in [1.54, 1.807) is 0 Å². The summed E-state index contributed by atoms with van der Waals surface area (Å²) in [6.07, 6.45) is 4.92. The zero-order valence-electron chi connectivity index (χ0n) is 14.5. The number of aliphatic hydroxyl groups excluding tert-OH is 1. The molecule has 4 heteroatoms. The number of H-pyrrole nitrogens is 1. The number of rotatable bonds is 5. The van der Waals surface area contributed by atoms with Gasteiger partial charge in [-0.15, -0.1) is 0 Å².